The normalized spacial score (nSPS) is 12.5. The maximum Gasteiger partial charge on any atom is 0.405 e. The van der Waals surface area contributed by atoms with E-state index in [2.05, 4.69) is 21.3 Å². The molecule has 2 unspecified atom stereocenters. The molecule has 0 aromatic rings. The van der Waals surface area contributed by atoms with E-state index in [0.717, 1.165) is 0 Å². The average Bonchev–Trinajstić information content (AvgIpc) is 2.90. The molecule has 0 saturated heterocycles. The summed E-state index contributed by atoms with van der Waals surface area (Å²) in [6.45, 7) is 8.39. The van der Waals surface area contributed by atoms with Crippen LogP contribution >= 0.6 is 0 Å². The van der Waals surface area contributed by atoms with Gasteiger partial charge in [0.2, 0.25) is 11.8 Å². The molecule has 0 aliphatic heterocycles. The zero-order valence-corrected chi connectivity index (χ0v) is 23.6. The fourth-order valence-corrected chi connectivity index (χ4v) is 3.15. The number of nitrogens with one attached hydrogen (secondary N) is 4. The summed E-state index contributed by atoms with van der Waals surface area (Å²) in [6.07, 6.45) is -0.795. The number of nitrogens with two attached hydrogens (primary N) is 2. The molecule has 0 spiro atoms. The summed E-state index contributed by atoms with van der Waals surface area (Å²) >= 11 is 0. The van der Waals surface area contributed by atoms with E-state index < -0.39 is 36.0 Å². The van der Waals surface area contributed by atoms with E-state index in [1.807, 2.05) is 0 Å². The number of primary amides is 1. The van der Waals surface area contributed by atoms with E-state index in [1.54, 1.807) is 13.8 Å². The van der Waals surface area contributed by atoms with Crippen LogP contribution in [-0.4, -0.2) is 127 Å². The summed E-state index contributed by atoms with van der Waals surface area (Å²) in [4.78, 5) is 47.2. The fraction of sp³-hybridized carbons (Fsp3) is 0.833. The maximum atomic E-state index is 12.7. The molecule has 0 fully saturated rings. The van der Waals surface area contributed by atoms with Crippen molar-refractivity contribution >= 4 is 23.9 Å². The van der Waals surface area contributed by atoms with Gasteiger partial charge in [-0.25, -0.2) is 9.59 Å². The highest BCUT2D eigenvalue weighted by Crippen LogP contribution is 2.05. The third-order valence-corrected chi connectivity index (χ3v) is 5.13. The molecule has 0 aromatic heterocycles. The van der Waals surface area contributed by atoms with Crippen molar-refractivity contribution in [2.24, 2.45) is 17.4 Å². The van der Waals surface area contributed by atoms with Crippen LogP contribution in [0, 0.1) is 5.92 Å². The average molecular weight is 581 g/mol. The molecule has 2 atom stereocenters. The lowest BCUT2D eigenvalue weighted by Gasteiger charge is -2.24. The smallest absolute Gasteiger partial charge is 0.405 e. The van der Waals surface area contributed by atoms with Crippen LogP contribution in [0.1, 0.15) is 26.7 Å². The molecular formula is C24H48N6O10. The Kier molecular flexibility index (Phi) is 23.5. The number of amides is 5. The number of carboxylic acid groups (broad SMARTS) is 1. The van der Waals surface area contributed by atoms with Gasteiger partial charge in [0.15, 0.2) is 0 Å². The molecule has 16 nitrogen and oxygen atoms in total. The predicted octanol–water partition coefficient (Wildman–Crippen LogP) is -1.63. The standard InChI is InChI=1S/C24H48N6O10/c1-18(2)20(30-24(34)35)22(32)29-19(4-3-6-28-23(26)33)21(31)27-7-9-37-11-13-39-15-17-40-16-14-38-12-10-36-8-5-25/h18-20,30H,3-17,25H2,1-2H3,(H,27,31)(H,29,32)(H,34,35)(H3,26,28,33). The molecule has 16 heteroatoms. The van der Waals surface area contributed by atoms with Crippen LogP contribution in [0.15, 0.2) is 0 Å². The molecular weight excluding hydrogens is 532 g/mol. The van der Waals surface area contributed by atoms with Crippen molar-refractivity contribution in [1.29, 1.82) is 0 Å². The van der Waals surface area contributed by atoms with E-state index in [9.17, 15) is 19.2 Å². The second kappa shape index (κ2) is 25.2. The van der Waals surface area contributed by atoms with Crippen molar-refractivity contribution in [2.45, 2.75) is 38.8 Å². The lowest BCUT2D eigenvalue weighted by atomic mass is 10.0. The van der Waals surface area contributed by atoms with Gasteiger partial charge in [0.05, 0.1) is 66.1 Å². The Morgan fingerprint density at radius 3 is 1.65 bits per heavy atom. The zero-order chi connectivity index (χ0) is 30.0. The molecule has 9 N–H and O–H groups in total. The van der Waals surface area contributed by atoms with Crippen LogP contribution in [-0.2, 0) is 33.3 Å². The Labute approximate surface area is 235 Å². The molecule has 0 rings (SSSR count). The summed E-state index contributed by atoms with van der Waals surface area (Å²) in [6, 6.07) is -2.68. The highest BCUT2D eigenvalue weighted by Gasteiger charge is 2.28. The minimum atomic E-state index is -1.35. The quantitative estimate of drug-likeness (QED) is 0.0574. The van der Waals surface area contributed by atoms with Gasteiger partial charge >= 0.3 is 12.1 Å². The molecule has 234 valence electrons. The van der Waals surface area contributed by atoms with Crippen LogP contribution in [0.5, 0.6) is 0 Å². The van der Waals surface area contributed by atoms with E-state index in [-0.39, 0.29) is 32.0 Å². The summed E-state index contributed by atoms with van der Waals surface area (Å²) < 4.78 is 26.8. The number of hydrogen-bond acceptors (Lipinski definition) is 10. The number of hydrogen-bond donors (Lipinski definition) is 7. The fourth-order valence-electron chi connectivity index (χ4n) is 3.15. The number of carbonyl (C=O) groups excluding carboxylic acids is 3. The number of urea groups is 1. The molecule has 5 amide bonds. The molecule has 0 heterocycles. The first-order chi connectivity index (χ1) is 19.2. The van der Waals surface area contributed by atoms with Crippen LogP contribution in [0.3, 0.4) is 0 Å². The van der Waals surface area contributed by atoms with Crippen LogP contribution < -0.4 is 32.7 Å². The topological polar surface area (TPSA) is 235 Å². The van der Waals surface area contributed by atoms with Gasteiger partial charge in [-0.3, -0.25) is 9.59 Å². The monoisotopic (exact) mass is 580 g/mol. The summed E-state index contributed by atoms with van der Waals surface area (Å²) in [5, 5.41) is 18.8. The second-order valence-corrected chi connectivity index (χ2v) is 8.81. The highest BCUT2D eigenvalue weighted by atomic mass is 16.6. The van der Waals surface area contributed by atoms with Crippen molar-refractivity contribution in [3.8, 4) is 0 Å². The second-order valence-electron chi connectivity index (χ2n) is 8.81. The first kappa shape index (κ1) is 37.2. The van der Waals surface area contributed by atoms with Gasteiger partial charge in [-0.2, -0.15) is 0 Å². The minimum Gasteiger partial charge on any atom is -0.465 e. The lowest BCUT2D eigenvalue weighted by molar-refractivity contribution is -0.130. The van der Waals surface area contributed by atoms with Crippen LogP contribution in [0.2, 0.25) is 0 Å². The van der Waals surface area contributed by atoms with Crippen LogP contribution in [0.25, 0.3) is 0 Å². The van der Waals surface area contributed by atoms with Crippen molar-refractivity contribution in [1.82, 2.24) is 21.3 Å². The van der Waals surface area contributed by atoms with Gasteiger partial charge in [0.1, 0.15) is 12.1 Å². The van der Waals surface area contributed by atoms with Gasteiger partial charge in [-0.05, 0) is 18.8 Å². The first-order valence-corrected chi connectivity index (χ1v) is 13.4. The van der Waals surface area contributed by atoms with Gasteiger partial charge in [0, 0.05) is 19.6 Å². The third-order valence-electron chi connectivity index (χ3n) is 5.13. The number of rotatable bonds is 26. The van der Waals surface area contributed by atoms with Gasteiger partial charge < -0.3 is 61.5 Å². The molecule has 0 saturated carbocycles. The Morgan fingerprint density at radius 2 is 1.20 bits per heavy atom. The first-order valence-electron chi connectivity index (χ1n) is 13.4. The molecule has 0 bridgehead atoms. The Balaban J connectivity index is 4.15. The Bertz CT molecular complexity index is 701. The van der Waals surface area contributed by atoms with E-state index in [0.29, 0.717) is 72.4 Å². The Hall–Kier alpha value is -2.76. The SMILES string of the molecule is CC(C)C(NC(=O)O)C(=O)NC(CCCNC(N)=O)C(=O)NCCOCCOCCOCCOCCOCCN. The van der Waals surface area contributed by atoms with E-state index in [4.69, 9.17) is 40.3 Å². The summed E-state index contributed by atoms with van der Waals surface area (Å²) in [5.74, 6) is -1.43. The lowest BCUT2D eigenvalue weighted by Crippen LogP contribution is -2.55. The van der Waals surface area contributed by atoms with E-state index in [1.165, 1.54) is 0 Å². The van der Waals surface area contributed by atoms with Crippen molar-refractivity contribution in [2.75, 3.05) is 85.7 Å². The van der Waals surface area contributed by atoms with Gasteiger partial charge in [-0.15, -0.1) is 0 Å². The Morgan fingerprint density at radius 1 is 0.700 bits per heavy atom. The maximum absolute atomic E-state index is 12.7. The molecule has 0 radical (unpaired) electrons. The summed E-state index contributed by atoms with van der Waals surface area (Å²) in [7, 11) is 0. The molecule has 0 aromatic carbocycles. The summed E-state index contributed by atoms with van der Waals surface area (Å²) in [5.41, 5.74) is 10.4. The highest BCUT2D eigenvalue weighted by molar-refractivity contribution is 5.91. The molecule has 40 heavy (non-hydrogen) atoms. The molecule has 0 aliphatic rings. The number of carbonyl (C=O) groups is 4. The third kappa shape index (κ3) is 22.1. The van der Waals surface area contributed by atoms with Crippen molar-refractivity contribution < 1.29 is 48.0 Å². The molecule has 0 aliphatic carbocycles. The van der Waals surface area contributed by atoms with Crippen molar-refractivity contribution in [3.63, 3.8) is 0 Å². The van der Waals surface area contributed by atoms with Crippen LogP contribution in [0.4, 0.5) is 9.59 Å². The largest absolute Gasteiger partial charge is 0.465 e. The van der Waals surface area contributed by atoms with Gasteiger partial charge in [0.25, 0.3) is 0 Å². The zero-order valence-electron chi connectivity index (χ0n) is 23.6. The van der Waals surface area contributed by atoms with E-state index >= 15 is 0 Å². The predicted molar refractivity (Wildman–Crippen MR) is 145 cm³/mol. The van der Waals surface area contributed by atoms with Gasteiger partial charge in [-0.1, -0.05) is 13.8 Å². The van der Waals surface area contributed by atoms with Crippen molar-refractivity contribution in [3.05, 3.63) is 0 Å². The number of ether oxygens (including phenoxy) is 5. The minimum absolute atomic E-state index is 0.187.